The number of fused-ring (bicyclic) bond motifs is 1. The van der Waals surface area contributed by atoms with Crippen LogP contribution in [-0.4, -0.2) is 31.7 Å². The second kappa shape index (κ2) is 6.94. The van der Waals surface area contributed by atoms with Gasteiger partial charge in [0.2, 0.25) is 0 Å². The van der Waals surface area contributed by atoms with E-state index < -0.39 is 0 Å². The number of rotatable bonds is 3. The van der Waals surface area contributed by atoms with E-state index in [4.69, 9.17) is 0 Å². The lowest BCUT2D eigenvalue weighted by molar-refractivity contribution is -1.05. The summed E-state index contributed by atoms with van der Waals surface area (Å²) in [6.45, 7) is 7.81. The van der Waals surface area contributed by atoms with Crippen LogP contribution >= 0.6 is 0 Å². The first-order valence-corrected chi connectivity index (χ1v) is 10.1. The Morgan fingerprint density at radius 2 is 1.74 bits per heavy atom. The van der Waals surface area contributed by atoms with Crippen LogP contribution in [0.2, 0.25) is 0 Å². The maximum Gasteiger partial charge on any atom is 0.143 e. The summed E-state index contributed by atoms with van der Waals surface area (Å²) in [5, 5.41) is 0. The van der Waals surface area contributed by atoms with E-state index in [1.54, 1.807) is 5.56 Å². The Hall–Kier alpha value is -0.860. The Bertz CT molecular complexity index is 520. The second-order valence-corrected chi connectivity index (χ2v) is 8.34. The zero-order chi connectivity index (χ0) is 15.6. The van der Waals surface area contributed by atoms with E-state index in [1.807, 2.05) is 9.80 Å². The van der Waals surface area contributed by atoms with E-state index in [0.717, 1.165) is 18.0 Å². The fraction of sp³-hybridized carbons (Fsp3) is 0.714. The summed E-state index contributed by atoms with van der Waals surface area (Å²) in [5.41, 5.74) is 3.08. The molecule has 2 aliphatic heterocycles. The Balaban J connectivity index is 1.56. The zero-order valence-electron chi connectivity index (χ0n) is 14.8. The minimum absolute atomic E-state index is 0.932. The average molecular weight is 315 g/mol. The second-order valence-electron chi connectivity index (χ2n) is 8.34. The van der Waals surface area contributed by atoms with Gasteiger partial charge in [0.25, 0.3) is 0 Å². The van der Waals surface area contributed by atoms with E-state index in [-0.39, 0.29) is 0 Å². The van der Waals surface area contributed by atoms with Gasteiger partial charge in [0.15, 0.2) is 0 Å². The van der Waals surface area contributed by atoms with Gasteiger partial charge in [-0.2, -0.15) is 0 Å². The molecule has 2 unspecified atom stereocenters. The summed E-state index contributed by atoms with van der Waals surface area (Å²) >= 11 is 0. The van der Waals surface area contributed by atoms with Crippen molar-refractivity contribution in [2.45, 2.75) is 70.5 Å². The van der Waals surface area contributed by atoms with Gasteiger partial charge in [-0.25, -0.2) is 0 Å². The van der Waals surface area contributed by atoms with Crippen LogP contribution in [0.5, 0.6) is 0 Å². The van der Waals surface area contributed by atoms with Crippen molar-refractivity contribution in [2.75, 3.05) is 19.6 Å². The Kier molecular flexibility index (Phi) is 4.73. The first kappa shape index (κ1) is 15.7. The van der Waals surface area contributed by atoms with Crippen molar-refractivity contribution in [3.63, 3.8) is 0 Å². The van der Waals surface area contributed by atoms with Gasteiger partial charge < -0.3 is 9.80 Å². The minimum Gasteiger partial charge on any atom is -0.323 e. The van der Waals surface area contributed by atoms with Gasteiger partial charge in [0.1, 0.15) is 31.7 Å². The molecule has 0 amide bonds. The molecule has 1 aliphatic carbocycles. The zero-order valence-corrected chi connectivity index (χ0v) is 14.8. The molecule has 23 heavy (non-hydrogen) atoms. The third-order valence-electron chi connectivity index (χ3n) is 7.05. The van der Waals surface area contributed by atoms with Crippen molar-refractivity contribution >= 4 is 0 Å². The smallest absolute Gasteiger partial charge is 0.143 e. The van der Waals surface area contributed by atoms with Crippen molar-refractivity contribution in [3.05, 3.63) is 35.4 Å². The lowest BCUT2D eigenvalue weighted by atomic mass is 9.78. The number of nitrogens with one attached hydrogen (secondary N) is 2. The molecule has 4 rings (SSSR count). The summed E-state index contributed by atoms with van der Waals surface area (Å²) in [6.07, 6.45) is 10.4. The molecule has 126 valence electrons. The molecule has 0 bridgehead atoms. The van der Waals surface area contributed by atoms with Crippen LogP contribution in [-0.2, 0) is 6.54 Å². The van der Waals surface area contributed by atoms with Crippen molar-refractivity contribution in [1.29, 1.82) is 0 Å². The number of hydrogen-bond acceptors (Lipinski definition) is 0. The normalized spacial score (nSPS) is 35.2. The first-order valence-electron chi connectivity index (χ1n) is 10.1. The van der Waals surface area contributed by atoms with Crippen molar-refractivity contribution in [1.82, 2.24) is 0 Å². The summed E-state index contributed by atoms with van der Waals surface area (Å²) in [7, 11) is 0. The van der Waals surface area contributed by atoms with Crippen LogP contribution in [0, 0.1) is 12.8 Å². The molecule has 1 aromatic rings. The van der Waals surface area contributed by atoms with Crippen LogP contribution in [0.3, 0.4) is 0 Å². The monoisotopic (exact) mass is 314 g/mol. The van der Waals surface area contributed by atoms with Crippen molar-refractivity contribution in [2.24, 2.45) is 5.92 Å². The fourth-order valence-corrected chi connectivity index (χ4v) is 5.87. The highest BCUT2D eigenvalue weighted by Gasteiger charge is 2.49. The number of quaternary nitrogens is 2. The molecule has 2 heteroatoms. The van der Waals surface area contributed by atoms with Crippen molar-refractivity contribution < 1.29 is 9.80 Å². The van der Waals surface area contributed by atoms with Crippen LogP contribution in [0.4, 0.5) is 0 Å². The minimum atomic E-state index is 0.932. The third kappa shape index (κ3) is 3.21. The van der Waals surface area contributed by atoms with Gasteiger partial charge in [-0.3, -0.25) is 0 Å². The number of hydrogen-bond donors (Lipinski definition) is 2. The van der Waals surface area contributed by atoms with Gasteiger partial charge in [0, 0.05) is 24.3 Å². The van der Waals surface area contributed by atoms with Crippen LogP contribution in [0.15, 0.2) is 24.3 Å². The lowest BCUT2D eigenvalue weighted by Crippen LogP contribution is -3.32. The van der Waals surface area contributed by atoms with E-state index in [1.165, 1.54) is 76.7 Å². The van der Waals surface area contributed by atoms with Gasteiger partial charge in [-0.05, 0) is 25.3 Å². The maximum atomic E-state index is 2.37. The van der Waals surface area contributed by atoms with E-state index in [0.29, 0.717) is 0 Å². The molecule has 2 N–H and O–H groups in total. The molecule has 0 spiro atoms. The SMILES string of the molecule is Cc1ccccc1C[NH+]1CC[NH+]2CCC[C@@H]2[C@@H]1C1CCCCC1. The van der Waals surface area contributed by atoms with Gasteiger partial charge in [0.05, 0.1) is 6.54 Å². The summed E-state index contributed by atoms with van der Waals surface area (Å²) in [6, 6.07) is 11.0. The lowest BCUT2D eigenvalue weighted by Gasteiger charge is -2.44. The fourth-order valence-electron chi connectivity index (χ4n) is 5.87. The highest BCUT2D eigenvalue weighted by Crippen LogP contribution is 2.28. The van der Waals surface area contributed by atoms with E-state index in [9.17, 15) is 0 Å². The summed E-state index contributed by atoms with van der Waals surface area (Å²) < 4.78 is 0. The standard InChI is InChI=1S/C21H32N2/c1-17-8-5-6-11-19(17)16-23-15-14-22-13-7-12-20(22)21(23)18-9-3-2-4-10-18/h5-6,8,11,18,20-21H,2-4,7,9-10,12-16H2,1H3/p+2/t20-,21+/m1/s1. The van der Waals surface area contributed by atoms with Crippen molar-refractivity contribution in [3.8, 4) is 0 Å². The predicted octanol–water partition coefficient (Wildman–Crippen LogP) is 1.39. The Morgan fingerprint density at radius 1 is 0.913 bits per heavy atom. The largest absolute Gasteiger partial charge is 0.323 e. The molecule has 3 fully saturated rings. The third-order valence-corrected chi connectivity index (χ3v) is 7.05. The topological polar surface area (TPSA) is 8.88 Å². The number of aryl methyl sites for hydroxylation is 1. The molecule has 1 aromatic carbocycles. The highest BCUT2D eigenvalue weighted by atomic mass is 15.3. The van der Waals surface area contributed by atoms with Crippen LogP contribution in [0.1, 0.15) is 56.1 Å². The van der Waals surface area contributed by atoms with Gasteiger partial charge in [-0.1, -0.05) is 43.5 Å². The quantitative estimate of drug-likeness (QED) is 0.834. The van der Waals surface area contributed by atoms with E-state index >= 15 is 0 Å². The molecular weight excluding hydrogens is 280 g/mol. The van der Waals surface area contributed by atoms with Gasteiger partial charge >= 0.3 is 0 Å². The molecular formula is C21H34N2+2. The predicted molar refractivity (Wildman–Crippen MR) is 94.8 cm³/mol. The average Bonchev–Trinajstić information content (AvgIpc) is 3.06. The molecule has 3 aliphatic rings. The molecule has 2 nitrogen and oxygen atoms in total. The molecule has 0 aromatic heterocycles. The Labute approximate surface area is 141 Å². The van der Waals surface area contributed by atoms with Crippen LogP contribution < -0.4 is 9.80 Å². The van der Waals surface area contributed by atoms with E-state index in [2.05, 4.69) is 31.2 Å². The molecule has 0 radical (unpaired) electrons. The van der Waals surface area contributed by atoms with Crippen LogP contribution in [0.25, 0.3) is 0 Å². The first-order chi connectivity index (χ1) is 11.3. The molecule has 4 atom stereocenters. The number of piperazine rings is 1. The Morgan fingerprint density at radius 3 is 2.57 bits per heavy atom. The molecule has 2 saturated heterocycles. The summed E-state index contributed by atoms with van der Waals surface area (Å²) in [5.74, 6) is 1.00. The highest BCUT2D eigenvalue weighted by molar-refractivity contribution is 5.24. The number of benzene rings is 1. The molecule has 1 saturated carbocycles. The summed E-state index contributed by atoms with van der Waals surface area (Å²) in [4.78, 5) is 3.87. The molecule has 2 heterocycles. The van der Waals surface area contributed by atoms with Gasteiger partial charge in [-0.15, -0.1) is 0 Å². The maximum absolute atomic E-state index is 2.37.